The number of fused-ring (bicyclic) bond motifs is 2. The number of carbonyl (C=O) groups is 1. The normalized spacial score (nSPS) is 27.6. The van der Waals surface area contributed by atoms with Gasteiger partial charge in [-0.25, -0.2) is 8.42 Å². The molecule has 1 heterocycles. The Balaban J connectivity index is 1.68. The molecule has 2 fully saturated rings. The summed E-state index contributed by atoms with van der Waals surface area (Å²) in [6.07, 6.45) is 5.39. The second-order valence-electron chi connectivity index (χ2n) is 7.41. The average molecular weight is 378 g/mol. The van der Waals surface area contributed by atoms with Crippen molar-refractivity contribution < 1.29 is 17.9 Å². The van der Waals surface area contributed by atoms with Crippen LogP contribution in [0.25, 0.3) is 0 Å². The van der Waals surface area contributed by atoms with Crippen molar-refractivity contribution in [3.05, 3.63) is 29.3 Å². The van der Waals surface area contributed by atoms with Gasteiger partial charge >= 0.3 is 0 Å². The zero-order valence-corrected chi connectivity index (χ0v) is 15.8. The summed E-state index contributed by atoms with van der Waals surface area (Å²) < 4.78 is 33.9. The van der Waals surface area contributed by atoms with E-state index in [0.29, 0.717) is 31.2 Å². The molecule has 1 aromatic carbocycles. The van der Waals surface area contributed by atoms with Crippen LogP contribution in [0, 0.1) is 5.92 Å². The van der Waals surface area contributed by atoms with E-state index in [1.807, 2.05) is 12.1 Å². The van der Waals surface area contributed by atoms with Crippen LogP contribution in [-0.2, 0) is 32.4 Å². The van der Waals surface area contributed by atoms with Gasteiger partial charge in [-0.3, -0.25) is 4.79 Å². The minimum absolute atomic E-state index is 0.0489. The molecule has 142 valence electrons. The highest BCUT2D eigenvalue weighted by molar-refractivity contribution is 7.89. The lowest BCUT2D eigenvalue weighted by Gasteiger charge is -2.32. The summed E-state index contributed by atoms with van der Waals surface area (Å²) in [5.74, 6) is -0.315. The Hall–Kier alpha value is -1.44. The molecular weight excluding hydrogens is 352 g/mol. The Morgan fingerprint density at radius 3 is 2.81 bits per heavy atom. The molecule has 1 amide bonds. The number of carbonyl (C=O) groups excluding carboxylic acids is 1. The predicted octanol–water partition coefficient (Wildman–Crippen LogP) is 1.48. The Bertz CT molecular complexity index is 793. The number of hydrogen-bond donors (Lipinski definition) is 1. The summed E-state index contributed by atoms with van der Waals surface area (Å²) in [5, 5.41) is 2.88. The van der Waals surface area contributed by atoms with Crippen LogP contribution in [0.4, 0.5) is 0 Å². The van der Waals surface area contributed by atoms with E-state index in [-0.39, 0.29) is 17.9 Å². The van der Waals surface area contributed by atoms with E-state index < -0.39 is 10.0 Å². The van der Waals surface area contributed by atoms with Crippen LogP contribution in [0.2, 0.25) is 0 Å². The fourth-order valence-corrected chi connectivity index (χ4v) is 6.26. The highest BCUT2D eigenvalue weighted by atomic mass is 32.2. The topological polar surface area (TPSA) is 75.7 Å². The van der Waals surface area contributed by atoms with Crippen molar-refractivity contribution in [1.82, 2.24) is 9.62 Å². The van der Waals surface area contributed by atoms with E-state index >= 15 is 0 Å². The number of hydrogen-bond acceptors (Lipinski definition) is 4. The van der Waals surface area contributed by atoms with Crippen molar-refractivity contribution in [3.8, 4) is 0 Å². The average Bonchev–Trinajstić information content (AvgIpc) is 3.29. The van der Waals surface area contributed by atoms with Gasteiger partial charge in [0.2, 0.25) is 15.9 Å². The van der Waals surface area contributed by atoms with Gasteiger partial charge in [-0.15, -0.1) is 0 Å². The molecule has 0 spiro atoms. The number of rotatable bonds is 2. The molecule has 0 radical (unpaired) electrons. The molecule has 1 saturated heterocycles. The molecule has 0 aromatic heterocycles. The fourth-order valence-electron chi connectivity index (χ4n) is 4.53. The summed E-state index contributed by atoms with van der Waals surface area (Å²) in [4.78, 5) is 12.8. The minimum atomic E-state index is -3.66. The lowest BCUT2D eigenvalue weighted by molar-refractivity contribution is -0.126. The summed E-state index contributed by atoms with van der Waals surface area (Å²) in [6, 6.07) is 5.23. The van der Waals surface area contributed by atoms with Gasteiger partial charge < -0.3 is 10.1 Å². The predicted molar refractivity (Wildman–Crippen MR) is 97.3 cm³/mol. The van der Waals surface area contributed by atoms with E-state index in [2.05, 4.69) is 5.32 Å². The number of benzene rings is 1. The van der Waals surface area contributed by atoms with Gasteiger partial charge in [0, 0.05) is 19.1 Å². The maximum Gasteiger partial charge on any atom is 0.243 e. The minimum Gasteiger partial charge on any atom is -0.378 e. The number of nitrogens with zero attached hydrogens (tertiary/aromatic N) is 1. The monoisotopic (exact) mass is 378 g/mol. The molecule has 1 aliphatic heterocycles. The first-order valence-corrected chi connectivity index (χ1v) is 11.0. The molecular formula is C19H26N2O4S. The van der Waals surface area contributed by atoms with E-state index in [1.54, 1.807) is 6.07 Å². The Morgan fingerprint density at radius 1 is 1.08 bits per heavy atom. The fraction of sp³-hybridized carbons (Fsp3) is 0.632. The van der Waals surface area contributed by atoms with Crippen molar-refractivity contribution in [1.29, 1.82) is 0 Å². The first-order chi connectivity index (χ1) is 12.6. The standard InChI is InChI=1S/C19H26N2O4S/c22-19-17-5-2-6-18(17)21(10-12-25-11-9-20-19)26(23,24)16-8-7-14-3-1-4-15(14)13-16/h7-8,13,17-18H,1-6,9-12H2,(H,20,22). The van der Waals surface area contributed by atoms with E-state index in [0.717, 1.165) is 44.1 Å². The van der Waals surface area contributed by atoms with Crippen LogP contribution in [-0.4, -0.2) is 51.0 Å². The molecule has 4 rings (SSSR count). The first-order valence-electron chi connectivity index (χ1n) is 9.56. The molecule has 6 nitrogen and oxygen atoms in total. The molecule has 1 N–H and O–H groups in total. The zero-order chi connectivity index (χ0) is 18.1. The van der Waals surface area contributed by atoms with Crippen LogP contribution in [0.15, 0.2) is 23.1 Å². The second kappa shape index (κ2) is 7.29. The Morgan fingerprint density at radius 2 is 1.92 bits per heavy atom. The van der Waals surface area contributed by atoms with Gasteiger partial charge in [0.05, 0.1) is 24.0 Å². The SMILES string of the molecule is O=C1NCCOCCN(S(=O)(=O)c2ccc3c(c2)CCC3)C2CCCC12. The highest BCUT2D eigenvalue weighted by Gasteiger charge is 2.42. The first kappa shape index (κ1) is 17.9. The molecule has 0 bridgehead atoms. The summed E-state index contributed by atoms with van der Waals surface area (Å²) in [5.41, 5.74) is 2.40. The van der Waals surface area contributed by atoms with Crippen molar-refractivity contribution in [2.45, 2.75) is 49.5 Å². The summed E-state index contributed by atoms with van der Waals surface area (Å²) in [7, 11) is -3.66. The summed E-state index contributed by atoms with van der Waals surface area (Å²) in [6.45, 7) is 1.55. The molecule has 7 heteroatoms. The smallest absolute Gasteiger partial charge is 0.243 e. The van der Waals surface area contributed by atoms with E-state index in [9.17, 15) is 13.2 Å². The Labute approximate surface area is 155 Å². The quantitative estimate of drug-likeness (QED) is 0.846. The van der Waals surface area contributed by atoms with E-state index in [1.165, 1.54) is 9.87 Å². The number of aryl methyl sites for hydroxylation is 2. The molecule has 2 aliphatic carbocycles. The molecule has 1 saturated carbocycles. The van der Waals surface area contributed by atoms with Crippen molar-refractivity contribution >= 4 is 15.9 Å². The number of amides is 1. The van der Waals surface area contributed by atoms with Crippen LogP contribution in [0.3, 0.4) is 0 Å². The van der Waals surface area contributed by atoms with Gasteiger partial charge in [-0.05, 0) is 55.4 Å². The lowest BCUT2D eigenvalue weighted by atomic mass is 10.0. The lowest BCUT2D eigenvalue weighted by Crippen LogP contribution is -2.49. The molecule has 2 unspecified atom stereocenters. The molecule has 3 aliphatic rings. The van der Waals surface area contributed by atoms with Gasteiger partial charge in [0.15, 0.2) is 0 Å². The van der Waals surface area contributed by atoms with Crippen LogP contribution >= 0.6 is 0 Å². The number of ether oxygens (including phenoxy) is 1. The van der Waals surface area contributed by atoms with Crippen LogP contribution in [0.5, 0.6) is 0 Å². The van der Waals surface area contributed by atoms with Gasteiger partial charge in [-0.2, -0.15) is 4.31 Å². The van der Waals surface area contributed by atoms with Crippen molar-refractivity contribution in [2.24, 2.45) is 5.92 Å². The molecule has 26 heavy (non-hydrogen) atoms. The maximum absolute atomic E-state index is 13.4. The third-order valence-corrected chi connectivity index (χ3v) is 7.78. The number of sulfonamides is 1. The highest BCUT2D eigenvalue weighted by Crippen LogP contribution is 2.35. The molecule has 2 atom stereocenters. The third-order valence-electron chi connectivity index (χ3n) is 5.86. The van der Waals surface area contributed by atoms with E-state index in [4.69, 9.17) is 4.74 Å². The number of nitrogens with one attached hydrogen (secondary N) is 1. The summed E-state index contributed by atoms with van der Waals surface area (Å²) >= 11 is 0. The Kier molecular flexibility index (Phi) is 5.03. The van der Waals surface area contributed by atoms with Crippen LogP contribution < -0.4 is 5.32 Å². The van der Waals surface area contributed by atoms with Gasteiger partial charge in [-0.1, -0.05) is 12.5 Å². The van der Waals surface area contributed by atoms with Crippen molar-refractivity contribution in [2.75, 3.05) is 26.3 Å². The molecule has 1 aromatic rings. The van der Waals surface area contributed by atoms with Gasteiger partial charge in [0.1, 0.15) is 0 Å². The third kappa shape index (κ3) is 3.28. The van der Waals surface area contributed by atoms with Gasteiger partial charge in [0.25, 0.3) is 0 Å². The second-order valence-corrected chi connectivity index (χ2v) is 9.30. The maximum atomic E-state index is 13.4. The van der Waals surface area contributed by atoms with Crippen LogP contribution in [0.1, 0.15) is 36.8 Å². The largest absolute Gasteiger partial charge is 0.378 e. The zero-order valence-electron chi connectivity index (χ0n) is 14.9. The van der Waals surface area contributed by atoms with Crippen molar-refractivity contribution in [3.63, 3.8) is 0 Å².